The standard InChI is InChI=1S/C40H45N5O7/c46-31-7-5-29(30-6-8-35(48)43-36(30)31)32(47)22-41-20-24-1-3-25(4-2-24)21-42-39(51)40-14-9-27(10-15-40)37(49)45-18-13-28(19-34(40)45)38(50)52-33-23-44-16-11-26(33)12-17-44/h1-10,14,26,28,32-34,41,46-47H,11-13,15-23H2,(H,42,51)(H,43,48)/t28?,32-,33-,34?,40?/m0/s1. The number of phenolic OH excluding ortho intramolecular Hbond substituents is 1. The van der Waals surface area contributed by atoms with Crippen molar-refractivity contribution in [2.24, 2.45) is 17.3 Å². The van der Waals surface area contributed by atoms with Crippen molar-refractivity contribution in [3.05, 3.63) is 99.4 Å². The smallest absolute Gasteiger partial charge is 0.309 e. The van der Waals surface area contributed by atoms with Crippen molar-refractivity contribution < 1.29 is 29.3 Å². The van der Waals surface area contributed by atoms with Crippen LogP contribution in [0.4, 0.5) is 0 Å². The molecule has 0 radical (unpaired) electrons. The highest BCUT2D eigenvalue weighted by atomic mass is 16.5. The molecule has 10 rings (SSSR count). The van der Waals surface area contributed by atoms with E-state index in [1.807, 2.05) is 36.4 Å². The summed E-state index contributed by atoms with van der Waals surface area (Å²) in [5.74, 6) is -0.447. The van der Waals surface area contributed by atoms with Crippen LogP contribution in [0.3, 0.4) is 0 Å². The summed E-state index contributed by atoms with van der Waals surface area (Å²) >= 11 is 0. The number of carbonyl (C=O) groups is 3. The fourth-order valence-corrected chi connectivity index (χ4v) is 8.88. The van der Waals surface area contributed by atoms with Crippen molar-refractivity contribution in [2.45, 2.75) is 63.4 Å². The predicted octanol–water partition coefficient (Wildman–Crippen LogP) is 2.80. The Morgan fingerprint density at radius 3 is 2.46 bits per heavy atom. The number of allylic oxidation sites excluding steroid dienone is 1. The lowest BCUT2D eigenvalue weighted by Gasteiger charge is -2.47. The molecule has 2 aromatic carbocycles. The first kappa shape index (κ1) is 34.3. The lowest BCUT2D eigenvalue weighted by atomic mass is 9.69. The molecule has 6 aliphatic heterocycles. The van der Waals surface area contributed by atoms with Crippen molar-refractivity contribution in [3.8, 4) is 5.75 Å². The number of nitrogens with zero attached hydrogens (tertiary/aromatic N) is 2. The van der Waals surface area contributed by atoms with E-state index in [9.17, 15) is 29.4 Å². The number of hydrogen-bond acceptors (Lipinski definition) is 9. The number of ether oxygens (including phenoxy) is 1. The molecule has 1 aliphatic carbocycles. The fourth-order valence-electron chi connectivity index (χ4n) is 8.88. The lowest BCUT2D eigenvalue weighted by molar-refractivity contribution is -0.168. The SMILES string of the molecule is O=C(O[C@H]1CN2CCC1CC2)C1CCN2C(=O)C3=CCC(C(=O)NCc4ccc(CNC[C@H](O)c5ccc(O)c6[nH]c(=O)ccc56)cc4)(C=C3)C2C1. The zero-order valence-electron chi connectivity index (χ0n) is 29.1. The zero-order chi connectivity index (χ0) is 36.0. The average Bonchev–Trinajstić information content (AvgIpc) is 3.36. The molecule has 7 heterocycles. The second-order valence-electron chi connectivity index (χ2n) is 15.0. The number of aliphatic hydroxyl groups is 1. The van der Waals surface area contributed by atoms with Crippen molar-refractivity contribution in [1.29, 1.82) is 0 Å². The van der Waals surface area contributed by atoms with Gasteiger partial charge in [-0.05, 0) is 79.9 Å². The zero-order valence-corrected chi connectivity index (χ0v) is 29.1. The third-order valence-corrected chi connectivity index (χ3v) is 12.0. The molecule has 3 aromatic rings. The van der Waals surface area contributed by atoms with Crippen LogP contribution in [-0.4, -0.2) is 87.7 Å². The van der Waals surface area contributed by atoms with E-state index in [2.05, 4.69) is 20.5 Å². The maximum Gasteiger partial charge on any atom is 0.309 e. The van der Waals surface area contributed by atoms with Crippen molar-refractivity contribution >= 4 is 28.7 Å². The number of rotatable bonds is 10. The molecule has 7 aliphatic rings. The summed E-state index contributed by atoms with van der Waals surface area (Å²) in [5, 5.41) is 28.0. The molecule has 5 N–H and O–H groups in total. The lowest BCUT2D eigenvalue weighted by Crippen LogP contribution is -2.58. The number of fused-ring (bicyclic) bond motifs is 5. The molecule has 5 atom stereocenters. The van der Waals surface area contributed by atoms with Gasteiger partial charge >= 0.3 is 5.97 Å². The molecule has 0 saturated carbocycles. The number of aliphatic hydroxyl groups excluding tert-OH is 1. The number of esters is 1. The average molecular weight is 708 g/mol. The van der Waals surface area contributed by atoms with Gasteiger partial charge in [-0.1, -0.05) is 48.6 Å². The second-order valence-corrected chi connectivity index (χ2v) is 15.0. The minimum Gasteiger partial charge on any atom is -0.506 e. The van der Waals surface area contributed by atoms with Crippen LogP contribution in [0.1, 0.15) is 54.9 Å². The van der Waals surface area contributed by atoms with E-state index in [1.165, 1.54) is 12.1 Å². The summed E-state index contributed by atoms with van der Waals surface area (Å²) in [7, 11) is 0. The molecule has 12 heteroatoms. The van der Waals surface area contributed by atoms with Crippen LogP contribution < -0.4 is 16.2 Å². The highest BCUT2D eigenvalue weighted by Gasteiger charge is 2.54. The first-order chi connectivity index (χ1) is 25.2. The number of nitrogens with one attached hydrogen (secondary N) is 3. The normalized spacial score (nSPS) is 28.2. The number of aromatic nitrogens is 1. The van der Waals surface area contributed by atoms with E-state index in [0.29, 0.717) is 66.9 Å². The Kier molecular flexibility index (Phi) is 9.23. The van der Waals surface area contributed by atoms with Crippen LogP contribution in [0, 0.1) is 17.3 Å². The van der Waals surface area contributed by atoms with E-state index < -0.39 is 17.6 Å². The van der Waals surface area contributed by atoms with Gasteiger partial charge in [0.2, 0.25) is 11.5 Å². The first-order valence-corrected chi connectivity index (χ1v) is 18.4. The van der Waals surface area contributed by atoms with Gasteiger partial charge in [-0.25, -0.2) is 0 Å². The predicted molar refractivity (Wildman–Crippen MR) is 193 cm³/mol. The van der Waals surface area contributed by atoms with Crippen LogP contribution in [-0.2, 0) is 32.2 Å². The topological polar surface area (TPSA) is 164 Å². The number of hydrogen-bond donors (Lipinski definition) is 5. The number of aromatic hydroxyl groups is 1. The maximum absolute atomic E-state index is 14.1. The minimum atomic E-state index is -0.979. The second kappa shape index (κ2) is 14.0. The molecular formula is C40H45N5O7. The molecule has 2 amide bonds. The minimum absolute atomic E-state index is 0.0562. The van der Waals surface area contributed by atoms with Gasteiger partial charge in [0, 0.05) is 49.7 Å². The van der Waals surface area contributed by atoms with Crippen molar-refractivity contribution in [3.63, 3.8) is 0 Å². The van der Waals surface area contributed by atoms with Crippen LogP contribution in [0.5, 0.6) is 5.75 Å². The van der Waals surface area contributed by atoms with Gasteiger partial charge in [-0.3, -0.25) is 24.1 Å². The Labute approximate surface area is 301 Å². The van der Waals surface area contributed by atoms with Gasteiger partial charge in [0.25, 0.3) is 5.91 Å². The number of amides is 2. The van der Waals surface area contributed by atoms with Gasteiger partial charge in [-0.15, -0.1) is 0 Å². The van der Waals surface area contributed by atoms with Gasteiger partial charge in [-0.2, -0.15) is 0 Å². The van der Waals surface area contributed by atoms with Gasteiger partial charge in [0.15, 0.2) is 0 Å². The van der Waals surface area contributed by atoms with E-state index >= 15 is 0 Å². The summed E-state index contributed by atoms with van der Waals surface area (Å²) in [6.07, 6.45) is 8.02. The third kappa shape index (κ3) is 6.44. The van der Waals surface area contributed by atoms with E-state index in [1.54, 1.807) is 23.1 Å². The third-order valence-electron chi connectivity index (χ3n) is 12.0. The Bertz CT molecular complexity index is 2000. The quantitative estimate of drug-likeness (QED) is 0.200. The molecule has 0 spiro atoms. The maximum atomic E-state index is 14.1. The Morgan fingerprint density at radius 1 is 0.981 bits per heavy atom. The number of phenols is 1. The summed E-state index contributed by atoms with van der Waals surface area (Å²) in [6.45, 7) is 4.40. The van der Waals surface area contributed by atoms with Crippen LogP contribution >= 0.6 is 0 Å². The molecule has 52 heavy (non-hydrogen) atoms. The van der Waals surface area contributed by atoms with E-state index in [-0.39, 0.29) is 47.7 Å². The Hall–Kier alpha value is -4.78. The Balaban J connectivity index is 0.879. The Morgan fingerprint density at radius 2 is 1.75 bits per heavy atom. The number of carbonyl (C=O) groups excluding carboxylic acids is 3. The molecule has 1 aromatic heterocycles. The van der Waals surface area contributed by atoms with E-state index in [4.69, 9.17) is 4.74 Å². The fraction of sp³-hybridized carbons (Fsp3) is 0.450. The first-order valence-electron chi connectivity index (χ1n) is 18.4. The van der Waals surface area contributed by atoms with Gasteiger partial charge < -0.3 is 35.5 Å². The van der Waals surface area contributed by atoms with Gasteiger partial charge in [0.1, 0.15) is 11.9 Å². The van der Waals surface area contributed by atoms with E-state index in [0.717, 1.165) is 43.6 Å². The molecule has 272 valence electrons. The van der Waals surface area contributed by atoms with Crippen LogP contribution in [0.15, 0.2) is 77.1 Å². The number of aromatic amines is 1. The summed E-state index contributed by atoms with van der Waals surface area (Å²) in [4.78, 5) is 59.6. The van der Waals surface area contributed by atoms with Crippen LogP contribution in [0.25, 0.3) is 10.9 Å². The molecule has 4 bridgehead atoms. The van der Waals surface area contributed by atoms with Crippen molar-refractivity contribution in [1.82, 2.24) is 25.4 Å². The highest BCUT2D eigenvalue weighted by Crippen LogP contribution is 2.46. The number of piperidine rings is 4. The molecule has 4 saturated heterocycles. The number of pyridine rings is 1. The largest absolute Gasteiger partial charge is 0.506 e. The molecular weight excluding hydrogens is 662 g/mol. The summed E-state index contributed by atoms with van der Waals surface area (Å²) < 4.78 is 6.12. The monoisotopic (exact) mass is 707 g/mol. The summed E-state index contributed by atoms with van der Waals surface area (Å²) in [6, 6.07) is 13.5. The number of H-pyrrole nitrogens is 1. The van der Waals surface area contributed by atoms with Crippen molar-refractivity contribution in [2.75, 3.05) is 32.7 Å². The molecule has 12 nitrogen and oxygen atoms in total. The number of benzene rings is 2. The van der Waals surface area contributed by atoms with Gasteiger partial charge in [0.05, 0.1) is 29.0 Å². The molecule has 3 unspecified atom stereocenters. The summed E-state index contributed by atoms with van der Waals surface area (Å²) in [5.41, 5.74) is 2.08. The van der Waals surface area contributed by atoms with Crippen LogP contribution in [0.2, 0.25) is 0 Å². The molecule has 4 fully saturated rings. The highest BCUT2D eigenvalue weighted by molar-refractivity contribution is 6.00.